The second-order valence-electron chi connectivity index (χ2n) is 4.34. The van der Waals surface area contributed by atoms with E-state index in [1.165, 1.54) is 0 Å². The highest BCUT2D eigenvalue weighted by atomic mass is 127. The van der Waals surface area contributed by atoms with Crippen molar-refractivity contribution < 1.29 is 7.86 Å². The van der Waals surface area contributed by atoms with Gasteiger partial charge in [0.2, 0.25) is 0 Å². The topological polar surface area (TPSA) is 26.3 Å². The number of benzene rings is 1. The van der Waals surface area contributed by atoms with E-state index >= 15 is 0 Å². The molecule has 0 heterocycles. The summed E-state index contributed by atoms with van der Waals surface area (Å²) in [5, 5.41) is 0. The van der Waals surface area contributed by atoms with Crippen LogP contribution in [0, 0.1) is 5.41 Å². The maximum Gasteiger partial charge on any atom is 0.315 e. The number of hydrogen-bond acceptors (Lipinski definition) is 2. The summed E-state index contributed by atoms with van der Waals surface area (Å²) >= 11 is 1.60. The Morgan fingerprint density at radius 2 is 1.40 bits per heavy atom. The van der Waals surface area contributed by atoms with Crippen molar-refractivity contribution in [2.45, 2.75) is 27.2 Å². The van der Waals surface area contributed by atoms with Gasteiger partial charge in [-0.25, -0.2) is 0 Å². The Bertz CT molecular complexity index is 238. The Hall–Kier alpha value is -0.580. The molecular weight excluding hydrogens is 303 g/mol. The van der Waals surface area contributed by atoms with Gasteiger partial charge in [0.1, 0.15) is 0 Å². The molecule has 0 saturated carbocycles. The minimum absolute atomic E-state index is 0.0439. The van der Waals surface area contributed by atoms with E-state index in [0.717, 1.165) is 0 Å². The lowest BCUT2D eigenvalue weighted by Crippen LogP contribution is -2.12. The number of carbonyl (C=O) groups is 1. The molecule has 15 heavy (non-hydrogen) atoms. The van der Waals surface area contributed by atoms with E-state index in [4.69, 9.17) is 0 Å². The van der Waals surface area contributed by atoms with E-state index in [1.807, 2.05) is 57.2 Å². The van der Waals surface area contributed by atoms with Gasteiger partial charge in [0, 0.05) is 0 Å². The maximum atomic E-state index is 10.6. The highest BCUT2D eigenvalue weighted by Gasteiger charge is 2.15. The van der Waals surface area contributed by atoms with Crippen molar-refractivity contribution in [1.82, 2.24) is 0 Å². The summed E-state index contributed by atoms with van der Waals surface area (Å²) < 4.78 is 4.46. The highest BCUT2D eigenvalue weighted by Crippen LogP contribution is 2.19. The molecule has 0 fully saturated rings. The van der Waals surface area contributed by atoms with E-state index in [9.17, 15) is 4.79 Å². The Balaban J connectivity index is 0.000000280. The summed E-state index contributed by atoms with van der Waals surface area (Å²) in [6.07, 6.45) is 0.482. The first-order valence-corrected chi connectivity index (χ1v) is 5.65. The molecule has 0 N–H and O–H groups in total. The lowest BCUT2D eigenvalue weighted by molar-refractivity contribution is -0.133. The van der Waals surface area contributed by atoms with Gasteiger partial charge in [-0.2, -0.15) is 0 Å². The maximum absolute atomic E-state index is 10.6. The molecule has 1 aromatic carbocycles. The first-order valence-electron chi connectivity index (χ1n) is 4.77. The van der Waals surface area contributed by atoms with Gasteiger partial charge in [-0.05, 0) is 5.41 Å². The predicted octanol–water partition coefficient (Wildman–Crippen LogP) is 4.00. The summed E-state index contributed by atoms with van der Waals surface area (Å²) in [6.45, 7) is 6.00. The minimum atomic E-state index is -0.150. The van der Waals surface area contributed by atoms with Gasteiger partial charge in [0.25, 0.3) is 0 Å². The third-order valence-corrected chi connectivity index (χ3v) is 1.92. The molecule has 3 heteroatoms. The molecule has 2 nitrogen and oxygen atoms in total. The zero-order valence-corrected chi connectivity index (χ0v) is 11.5. The largest absolute Gasteiger partial charge is 0.394 e. The Morgan fingerprint density at radius 1 is 1.07 bits per heavy atom. The zero-order valence-electron chi connectivity index (χ0n) is 9.37. The fourth-order valence-corrected chi connectivity index (χ4v) is 1.00. The lowest BCUT2D eigenvalue weighted by Gasteiger charge is -2.14. The summed E-state index contributed by atoms with van der Waals surface area (Å²) in [7, 11) is 0. The van der Waals surface area contributed by atoms with Crippen LogP contribution in [0.5, 0.6) is 0 Å². The monoisotopic (exact) mass is 320 g/mol. The molecule has 1 rings (SSSR count). The normalized spacial score (nSPS) is 9.87. The van der Waals surface area contributed by atoms with Crippen LogP contribution < -0.4 is 0 Å². The second kappa shape index (κ2) is 7.68. The molecule has 0 saturated heterocycles. The van der Waals surface area contributed by atoms with Crippen molar-refractivity contribution in [3.05, 3.63) is 36.4 Å². The average Bonchev–Trinajstić information content (AvgIpc) is 2.19. The summed E-state index contributed by atoms with van der Waals surface area (Å²) in [5.41, 5.74) is 0.0439. The summed E-state index contributed by atoms with van der Waals surface area (Å²) in [4.78, 5) is 10.6. The Morgan fingerprint density at radius 3 is 1.53 bits per heavy atom. The van der Waals surface area contributed by atoms with Crippen LogP contribution in [0.15, 0.2) is 36.4 Å². The molecule has 0 spiro atoms. The third kappa shape index (κ3) is 11.3. The molecule has 1 aromatic rings. The second-order valence-corrected chi connectivity index (χ2v) is 4.78. The van der Waals surface area contributed by atoms with Gasteiger partial charge in [-0.1, -0.05) is 57.2 Å². The molecular formula is C12H17IO2. The van der Waals surface area contributed by atoms with Gasteiger partial charge in [0.15, 0.2) is 23.0 Å². The van der Waals surface area contributed by atoms with Crippen molar-refractivity contribution in [2.24, 2.45) is 5.41 Å². The van der Waals surface area contributed by atoms with E-state index in [-0.39, 0.29) is 11.4 Å². The standard InChI is InChI=1S/C6H11IO2.C6H6/c1-6(2,3)4-5(8)9-7;1-2-4-6-5-3-1/h4H2,1-3H3;1-6H. The molecule has 0 aliphatic carbocycles. The van der Waals surface area contributed by atoms with E-state index in [0.29, 0.717) is 6.42 Å². The Labute approximate surface area is 106 Å². The summed E-state index contributed by atoms with van der Waals surface area (Å²) in [6, 6.07) is 12.0. The zero-order chi connectivity index (χ0) is 11.7. The van der Waals surface area contributed by atoms with Gasteiger partial charge in [-0.3, -0.25) is 4.79 Å². The minimum Gasteiger partial charge on any atom is -0.394 e. The van der Waals surface area contributed by atoms with Crippen LogP contribution in [0.1, 0.15) is 27.2 Å². The molecule has 0 radical (unpaired) electrons. The van der Waals surface area contributed by atoms with Crippen LogP contribution in [0.3, 0.4) is 0 Å². The molecule has 0 atom stereocenters. The lowest BCUT2D eigenvalue weighted by atomic mass is 9.93. The van der Waals surface area contributed by atoms with Crippen molar-refractivity contribution in [2.75, 3.05) is 0 Å². The first-order chi connectivity index (χ1) is 6.95. The fourth-order valence-electron chi connectivity index (χ4n) is 0.845. The van der Waals surface area contributed by atoms with Crippen LogP contribution in [-0.2, 0) is 7.86 Å². The third-order valence-electron chi connectivity index (χ3n) is 1.43. The van der Waals surface area contributed by atoms with Gasteiger partial charge >= 0.3 is 5.97 Å². The number of carbonyl (C=O) groups excluding carboxylic acids is 1. The van der Waals surface area contributed by atoms with E-state index < -0.39 is 0 Å². The van der Waals surface area contributed by atoms with E-state index in [1.54, 1.807) is 23.0 Å². The SMILES string of the molecule is CC(C)(C)CC(=O)OI.c1ccccc1. The smallest absolute Gasteiger partial charge is 0.315 e. The average molecular weight is 320 g/mol. The van der Waals surface area contributed by atoms with Crippen LogP contribution in [0.4, 0.5) is 0 Å². The van der Waals surface area contributed by atoms with Gasteiger partial charge in [-0.15, -0.1) is 0 Å². The molecule has 0 aromatic heterocycles. The van der Waals surface area contributed by atoms with Crippen molar-refractivity contribution >= 4 is 29.0 Å². The molecule has 0 bridgehead atoms. The molecule has 84 valence electrons. The Kier molecular flexibility index (Phi) is 7.38. The quantitative estimate of drug-likeness (QED) is 0.731. The first kappa shape index (κ1) is 14.4. The van der Waals surface area contributed by atoms with Crippen LogP contribution in [0.25, 0.3) is 0 Å². The van der Waals surface area contributed by atoms with Crippen LogP contribution in [-0.4, -0.2) is 5.97 Å². The number of halogens is 1. The van der Waals surface area contributed by atoms with E-state index in [2.05, 4.69) is 3.07 Å². The van der Waals surface area contributed by atoms with Gasteiger partial charge in [0.05, 0.1) is 6.42 Å². The van der Waals surface area contributed by atoms with Gasteiger partial charge < -0.3 is 3.07 Å². The van der Waals surface area contributed by atoms with Crippen molar-refractivity contribution in [3.8, 4) is 0 Å². The highest BCUT2D eigenvalue weighted by molar-refractivity contribution is 14.1. The van der Waals surface area contributed by atoms with Crippen LogP contribution in [0.2, 0.25) is 0 Å². The predicted molar refractivity (Wildman–Crippen MR) is 70.6 cm³/mol. The number of rotatable bonds is 1. The summed E-state index contributed by atoms with van der Waals surface area (Å²) in [5.74, 6) is -0.150. The fraction of sp³-hybridized carbons (Fsp3) is 0.417. The van der Waals surface area contributed by atoms with Crippen molar-refractivity contribution in [3.63, 3.8) is 0 Å². The molecule has 0 amide bonds. The number of hydrogen-bond donors (Lipinski definition) is 0. The van der Waals surface area contributed by atoms with Crippen molar-refractivity contribution in [1.29, 1.82) is 0 Å². The van der Waals surface area contributed by atoms with Crippen LogP contribution >= 0.6 is 23.0 Å². The molecule has 0 unspecified atom stereocenters. The molecule has 0 aliphatic heterocycles. The molecule has 0 aliphatic rings.